The first-order valence-electron chi connectivity index (χ1n) is 32.3. The van der Waals surface area contributed by atoms with E-state index in [-0.39, 0.29) is 10.8 Å². The van der Waals surface area contributed by atoms with Crippen molar-refractivity contribution in [3.8, 4) is 11.5 Å². The van der Waals surface area contributed by atoms with Gasteiger partial charge in [0.15, 0.2) is 11.6 Å². The average Bonchev–Trinajstić information content (AvgIpc) is 4.01. The summed E-state index contributed by atoms with van der Waals surface area (Å²) in [5, 5.41) is 11.7. The number of benzene rings is 2. The fraction of sp³-hybridized carbons (Fsp3) is 0.746. The van der Waals surface area contributed by atoms with Crippen LogP contribution in [0.25, 0.3) is 0 Å². The second-order valence-electron chi connectivity index (χ2n) is 28.3. The highest BCUT2D eigenvalue weighted by Crippen LogP contribution is 2.69. The zero-order valence-electron chi connectivity index (χ0n) is 49.0. The lowest BCUT2D eigenvalue weighted by molar-refractivity contribution is -0.128. The third-order valence-electron chi connectivity index (χ3n) is 24.2. The van der Waals surface area contributed by atoms with Gasteiger partial charge in [-0.05, 0) is 265 Å². The molecule has 0 spiro atoms. The molecule has 5 heteroatoms. The Morgan fingerprint density at radius 1 is 0.645 bits per heavy atom. The van der Waals surface area contributed by atoms with Gasteiger partial charge in [0.05, 0.1) is 18.8 Å². The Morgan fingerprint density at radius 3 is 2.07 bits per heavy atom. The van der Waals surface area contributed by atoms with Gasteiger partial charge in [0, 0.05) is 18.3 Å². The molecule has 418 valence electrons. The van der Waals surface area contributed by atoms with Crippen molar-refractivity contribution in [3.05, 3.63) is 83.0 Å². The largest absolute Gasteiger partial charge is 0.494 e. The van der Waals surface area contributed by atoms with E-state index in [1.807, 2.05) is 6.08 Å². The minimum atomic E-state index is -0.615. The van der Waals surface area contributed by atoms with Gasteiger partial charge in [-0.1, -0.05) is 115 Å². The predicted octanol–water partition coefficient (Wildman–Crippen LogP) is 18.3. The van der Waals surface area contributed by atoms with Gasteiger partial charge >= 0.3 is 0 Å². The van der Waals surface area contributed by atoms with Crippen LogP contribution in [-0.2, 0) is 9.59 Å². The maximum atomic E-state index is 12.2. The topological polar surface area (TPSA) is 72.8 Å². The number of ether oxygens (including phenoxy) is 2. The molecule has 1 N–H and O–H groups in total. The third kappa shape index (κ3) is 11.3. The summed E-state index contributed by atoms with van der Waals surface area (Å²) in [6.07, 6.45) is 37.9. The van der Waals surface area contributed by atoms with Crippen molar-refractivity contribution >= 4 is 11.6 Å². The summed E-state index contributed by atoms with van der Waals surface area (Å²) in [6, 6.07) is 18.0. The van der Waals surface area contributed by atoms with Crippen molar-refractivity contribution in [1.82, 2.24) is 0 Å². The highest BCUT2D eigenvalue weighted by molar-refractivity contribution is 5.92. The van der Waals surface area contributed by atoms with Gasteiger partial charge in [0.1, 0.15) is 11.5 Å². The van der Waals surface area contributed by atoms with Crippen LogP contribution < -0.4 is 9.47 Å². The van der Waals surface area contributed by atoms with E-state index < -0.39 is 5.60 Å². The highest BCUT2D eigenvalue weighted by Gasteiger charge is 2.63. The minimum Gasteiger partial charge on any atom is -0.494 e. The molecule has 76 heavy (non-hydrogen) atoms. The van der Waals surface area contributed by atoms with Crippen LogP contribution in [0.2, 0.25) is 0 Å². The summed E-state index contributed by atoms with van der Waals surface area (Å²) in [4.78, 5) is 24.3. The van der Waals surface area contributed by atoms with Crippen LogP contribution >= 0.6 is 0 Å². The zero-order chi connectivity index (χ0) is 53.2. The van der Waals surface area contributed by atoms with Gasteiger partial charge in [0.25, 0.3) is 0 Å². The number of aliphatic hydroxyl groups is 1. The molecule has 14 atom stereocenters. The summed E-state index contributed by atoms with van der Waals surface area (Å²) >= 11 is 0. The van der Waals surface area contributed by atoms with Gasteiger partial charge in [-0.2, -0.15) is 0 Å². The van der Waals surface area contributed by atoms with E-state index in [4.69, 9.17) is 9.47 Å². The van der Waals surface area contributed by atoms with Gasteiger partial charge in [-0.3, -0.25) is 9.59 Å². The van der Waals surface area contributed by atoms with E-state index in [0.717, 1.165) is 112 Å². The van der Waals surface area contributed by atoms with Gasteiger partial charge in [-0.15, -0.1) is 0 Å². The number of hydrogen-bond acceptors (Lipinski definition) is 5. The van der Waals surface area contributed by atoms with Crippen LogP contribution in [0.1, 0.15) is 251 Å². The molecule has 9 aliphatic rings. The Labute approximate surface area is 462 Å². The van der Waals surface area contributed by atoms with Crippen LogP contribution in [0.5, 0.6) is 11.5 Å². The van der Waals surface area contributed by atoms with Crippen molar-refractivity contribution in [2.45, 2.75) is 246 Å². The number of fused-ring (bicyclic) bond motifs is 10. The molecule has 2 aromatic rings. The van der Waals surface area contributed by atoms with Crippen molar-refractivity contribution in [1.29, 1.82) is 0 Å². The molecule has 0 aromatic heterocycles. The lowest BCUT2D eigenvalue weighted by Gasteiger charge is -2.58. The number of carbonyl (C=O) groups is 2. The van der Waals surface area contributed by atoms with Crippen LogP contribution in [0.15, 0.2) is 71.8 Å². The number of allylic oxidation sites excluding steroid dienone is 2. The van der Waals surface area contributed by atoms with E-state index in [9.17, 15) is 14.7 Å². The van der Waals surface area contributed by atoms with Gasteiger partial charge in [0.2, 0.25) is 0 Å². The molecule has 2 aromatic carbocycles. The van der Waals surface area contributed by atoms with E-state index in [1.54, 1.807) is 0 Å². The van der Waals surface area contributed by atoms with Crippen molar-refractivity contribution < 1.29 is 24.2 Å². The van der Waals surface area contributed by atoms with E-state index in [1.165, 1.54) is 138 Å². The van der Waals surface area contributed by atoms with Crippen LogP contribution in [0.3, 0.4) is 0 Å². The molecule has 7 fully saturated rings. The van der Waals surface area contributed by atoms with Gasteiger partial charge < -0.3 is 14.6 Å². The monoisotopic (exact) mass is 1040 g/mol. The second kappa shape index (κ2) is 23.9. The molecule has 9 unspecified atom stereocenters. The molecular formula is C71H104O5. The summed E-state index contributed by atoms with van der Waals surface area (Å²) in [5.74, 6) is 11.5. The van der Waals surface area contributed by atoms with E-state index in [0.29, 0.717) is 65.0 Å². The molecule has 7 saturated carbocycles. The Bertz CT molecular complexity index is 2370. The summed E-state index contributed by atoms with van der Waals surface area (Å²) in [7, 11) is 0. The zero-order valence-corrected chi connectivity index (χ0v) is 49.0. The molecule has 5 nitrogen and oxygen atoms in total. The smallest absolute Gasteiger partial charge is 0.155 e. The first kappa shape index (κ1) is 56.1. The number of hydrogen-bond donors (Lipinski definition) is 1. The SMILES string of the molecule is CCC(CC1CCCCC1)c1cccc(OCC[C@]23CCC4C(CCC5=CC(=O)CC[C@@]54C)C2CC[C@@H]3C)c1.CCCC(CC(C)C)c1cccc(OCC[C@]23CCC4C5CCC(=O)C=C5CCC4C2CC[C@]3(C)O)c1. The third-order valence-corrected chi connectivity index (χ3v) is 24.2. The molecule has 0 amide bonds. The normalized spacial score (nSPS) is 36.7. The predicted molar refractivity (Wildman–Crippen MR) is 312 cm³/mol. The van der Waals surface area contributed by atoms with Gasteiger partial charge in [-0.25, -0.2) is 0 Å². The van der Waals surface area contributed by atoms with Crippen LogP contribution in [0.4, 0.5) is 0 Å². The van der Waals surface area contributed by atoms with E-state index >= 15 is 0 Å². The van der Waals surface area contributed by atoms with Crippen molar-refractivity contribution in [2.24, 2.45) is 75.4 Å². The molecular weight excluding hydrogens is 933 g/mol. The summed E-state index contributed by atoms with van der Waals surface area (Å²) < 4.78 is 13.0. The second-order valence-corrected chi connectivity index (χ2v) is 28.3. The number of rotatable bonds is 17. The fourth-order valence-electron chi connectivity index (χ4n) is 20.1. The van der Waals surface area contributed by atoms with E-state index in [2.05, 4.69) is 103 Å². The van der Waals surface area contributed by atoms with Crippen molar-refractivity contribution in [2.75, 3.05) is 13.2 Å². The maximum Gasteiger partial charge on any atom is 0.155 e. The maximum absolute atomic E-state index is 12.2. The Morgan fingerprint density at radius 2 is 1.34 bits per heavy atom. The first-order valence-corrected chi connectivity index (χ1v) is 32.3. The number of ketones is 2. The standard InChI is InChI=1S/C37H54O2.C34H50O3/c1-4-28(23-27-9-6-5-7-10-27)29-11-8-12-32(24-29)39-22-21-37-20-18-34-33(35(37)16-13-26(37)2)15-14-30-25-31(38)17-19-36(30,34)3;1-5-7-24(20-23(2)3)25-8-6-9-28(22-25)37-19-18-34-17-14-30-29-13-11-27(35)21-26(29)10-12-31(30)32(34)15-16-33(34,4)36/h8,11-12,24-28,33-35H,4-7,9-10,13-23H2,1-3H3;6,8-9,21-24,29-32,36H,5,7,10-20H2,1-4H3/t26-,28?,33?,34?,35?,36-,37-;24?,29?,30?,31?,32?,33-,34+/m00/s1. The first-order chi connectivity index (χ1) is 36.7. The Balaban J connectivity index is 0.000000173. The molecule has 0 saturated heterocycles. The minimum absolute atomic E-state index is 0.0418. The highest BCUT2D eigenvalue weighted by atomic mass is 16.5. The van der Waals surface area contributed by atoms with Crippen molar-refractivity contribution in [3.63, 3.8) is 0 Å². The van der Waals surface area contributed by atoms with Crippen LogP contribution in [0, 0.1) is 75.4 Å². The lowest BCUT2D eigenvalue weighted by atomic mass is 9.46. The van der Waals surface area contributed by atoms with Crippen LogP contribution in [-0.4, -0.2) is 35.5 Å². The lowest BCUT2D eigenvalue weighted by Crippen LogP contribution is -2.53. The molecule has 0 bridgehead atoms. The molecule has 0 heterocycles. The summed E-state index contributed by atoms with van der Waals surface area (Å²) in [5.41, 5.74) is 5.92. The fourth-order valence-corrected chi connectivity index (χ4v) is 20.1. The Hall–Kier alpha value is -3.18. The molecule has 9 aliphatic carbocycles. The number of carbonyl (C=O) groups excluding carboxylic acids is 2. The molecule has 0 aliphatic heterocycles. The molecule has 0 radical (unpaired) electrons. The quantitative estimate of drug-likeness (QED) is 0.171. The Kier molecular flexibility index (Phi) is 17.6. The average molecular weight is 1040 g/mol. The summed E-state index contributed by atoms with van der Waals surface area (Å²) in [6.45, 7) is 18.0. The molecule has 11 rings (SSSR count).